The molecule has 0 amide bonds. The fourth-order valence-corrected chi connectivity index (χ4v) is 2.54. The van der Waals surface area contributed by atoms with Gasteiger partial charge in [0.25, 0.3) is 0 Å². The van der Waals surface area contributed by atoms with E-state index in [9.17, 15) is 5.11 Å². The van der Waals surface area contributed by atoms with Crippen molar-refractivity contribution < 1.29 is 5.11 Å². The molecule has 5 nitrogen and oxygen atoms in total. The summed E-state index contributed by atoms with van der Waals surface area (Å²) in [7, 11) is 0. The van der Waals surface area contributed by atoms with E-state index in [1.165, 1.54) is 0 Å². The molecule has 0 fully saturated rings. The smallest absolute Gasteiger partial charge is 0.236 e. The molecule has 25 heavy (non-hydrogen) atoms. The lowest BCUT2D eigenvalue weighted by molar-refractivity contribution is 0.477. The first-order valence-corrected chi connectivity index (χ1v) is 8.20. The summed E-state index contributed by atoms with van der Waals surface area (Å²) in [5.41, 5.74) is 7.98. The standard InChI is InChI=1S/C20H20N4O/c1-3-7-14(4-2)10-11-15-12-24-13-17(22-20(24)23-19(15)21)16-8-5-6-9-18(16)25/h3,5-9,12-14,25H,4H2,1-2H3,(H2,21,22,23)/b7-3-. The summed E-state index contributed by atoms with van der Waals surface area (Å²) in [6, 6.07) is 7.06. The van der Waals surface area contributed by atoms with Gasteiger partial charge < -0.3 is 10.8 Å². The van der Waals surface area contributed by atoms with Crippen molar-refractivity contribution in [1.82, 2.24) is 14.4 Å². The van der Waals surface area contributed by atoms with Crippen LogP contribution < -0.4 is 5.73 Å². The number of nitrogens with two attached hydrogens (primary N) is 1. The molecule has 3 N–H and O–H groups in total. The van der Waals surface area contributed by atoms with Crippen LogP contribution >= 0.6 is 0 Å². The van der Waals surface area contributed by atoms with Crippen LogP contribution in [-0.2, 0) is 0 Å². The van der Waals surface area contributed by atoms with Crippen molar-refractivity contribution in [1.29, 1.82) is 0 Å². The van der Waals surface area contributed by atoms with E-state index in [4.69, 9.17) is 5.73 Å². The van der Waals surface area contributed by atoms with Crippen LogP contribution in [0.15, 0.2) is 48.8 Å². The van der Waals surface area contributed by atoms with Crippen molar-refractivity contribution >= 4 is 11.6 Å². The number of hydrogen-bond acceptors (Lipinski definition) is 4. The molecule has 126 valence electrons. The lowest BCUT2D eigenvalue weighted by Gasteiger charge is -2.01. The number of benzene rings is 1. The number of aromatic hydroxyl groups is 1. The summed E-state index contributed by atoms with van der Waals surface area (Å²) < 4.78 is 1.78. The van der Waals surface area contributed by atoms with E-state index in [-0.39, 0.29) is 11.7 Å². The molecular formula is C20H20N4O. The van der Waals surface area contributed by atoms with Crippen LogP contribution in [0.3, 0.4) is 0 Å². The number of imidazole rings is 1. The number of hydrogen-bond donors (Lipinski definition) is 2. The number of aromatic nitrogens is 3. The van der Waals surface area contributed by atoms with E-state index in [1.807, 2.05) is 37.5 Å². The second kappa shape index (κ2) is 7.10. The molecule has 0 radical (unpaired) electrons. The average molecular weight is 332 g/mol. The molecule has 0 aliphatic heterocycles. The third-order valence-electron chi connectivity index (χ3n) is 3.91. The molecule has 0 bridgehead atoms. The fourth-order valence-electron chi connectivity index (χ4n) is 2.54. The van der Waals surface area contributed by atoms with E-state index in [2.05, 4.69) is 34.8 Å². The van der Waals surface area contributed by atoms with Crippen LogP contribution in [0.2, 0.25) is 0 Å². The Morgan fingerprint density at radius 2 is 2.08 bits per heavy atom. The summed E-state index contributed by atoms with van der Waals surface area (Å²) in [5.74, 6) is 7.52. The molecule has 0 spiro atoms. The van der Waals surface area contributed by atoms with Crippen LogP contribution in [0.1, 0.15) is 25.8 Å². The molecular weight excluding hydrogens is 312 g/mol. The summed E-state index contributed by atoms with van der Waals surface area (Å²) in [6.45, 7) is 4.08. The first kappa shape index (κ1) is 16.6. The highest BCUT2D eigenvalue weighted by molar-refractivity contribution is 5.68. The zero-order valence-corrected chi connectivity index (χ0v) is 14.3. The van der Waals surface area contributed by atoms with Gasteiger partial charge in [-0.3, -0.25) is 4.40 Å². The highest BCUT2D eigenvalue weighted by atomic mass is 16.3. The molecule has 2 aromatic heterocycles. The van der Waals surface area contributed by atoms with Crippen LogP contribution in [-0.4, -0.2) is 19.5 Å². The van der Waals surface area contributed by atoms with E-state index in [0.717, 1.165) is 6.42 Å². The monoisotopic (exact) mass is 332 g/mol. The Balaban J connectivity index is 2.02. The van der Waals surface area contributed by atoms with Crippen molar-refractivity contribution in [2.75, 3.05) is 5.73 Å². The third-order valence-corrected chi connectivity index (χ3v) is 3.91. The van der Waals surface area contributed by atoms with E-state index >= 15 is 0 Å². The topological polar surface area (TPSA) is 76.4 Å². The average Bonchev–Trinajstić information content (AvgIpc) is 3.01. The van der Waals surface area contributed by atoms with Gasteiger partial charge in [-0.2, -0.15) is 4.98 Å². The predicted octanol–water partition coefficient (Wildman–Crippen LogP) is 3.64. The van der Waals surface area contributed by atoms with Gasteiger partial charge in [-0.1, -0.05) is 43.0 Å². The molecule has 2 heterocycles. The maximum absolute atomic E-state index is 10.00. The largest absolute Gasteiger partial charge is 0.507 e. The minimum Gasteiger partial charge on any atom is -0.507 e. The zero-order valence-electron chi connectivity index (χ0n) is 14.3. The van der Waals surface area contributed by atoms with Gasteiger partial charge >= 0.3 is 0 Å². The number of nitrogen functional groups attached to an aromatic ring is 1. The molecule has 3 rings (SSSR count). The lowest BCUT2D eigenvalue weighted by Crippen LogP contribution is -1.99. The van der Waals surface area contributed by atoms with Gasteiger partial charge in [0.05, 0.1) is 11.3 Å². The van der Waals surface area contributed by atoms with Gasteiger partial charge in [0, 0.05) is 23.9 Å². The lowest BCUT2D eigenvalue weighted by atomic mass is 10.1. The van der Waals surface area contributed by atoms with Gasteiger partial charge in [-0.25, -0.2) is 4.98 Å². The number of anilines is 1. The van der Waals surface area contributed by atoms with Gasteiger partial charge in [0.2, 0.25) is 5.78 Å². The Hall–Kier alpha value is -3.26. The highest BCUT2D eigenvalue weighted by Gasteiger charge is 2.11. The summed E-state index contributed by atoms with van der Waals surface area (Å²) in [5, 5.41) is 10.00. The second-order valence-electron chi connectivity index (χ2n) is 5.70. The van der Waals surface area contributed by atoms with Gasteiger partial charge in [0.15, 0.2) is 0 Å². The highest BCUT2D eigenvalue weighted by Crippen LogP contribution is 2.28. The minimum atomic E-state index is 0.177. The minimum absolute atomic E-state index is 0.177. The third kappa shape index (κ3) is 3.48. The van der Waals surface area contributed by atoms with E-state index in [1.54, 1.807) is 16.5 Å². The van der Waals surface area contributed by atoms with Crippen molar-refractivity contribution in [3.05, 3.63) is 54.4 Å². The maximum atomic E-state index is 10.00. The summed E-state index contributed by atoms with van der Waals surface area (Å²) in [4.78, 5) is 8.77. The first-order chi connectivity index (χ1) is 12.1. The summed E-state index contributed by atoms with van der Waals surface area (Å²) in [6.07, 6.45) is 8.65. The molecule has 0 aliphatic carbocycles. The SMILES string of the molecule is C/C=C\C(C#Cc1cn2cc(-c3ccccc3O)nc2nc1N)CC. The van der Waals surface area contributed by atoms with Crippen LogP contribution in [0.25, 0.3) is 17.0 Å². The number of phenolic OH excluding ortho intramolecular Hbond substituents is 1. The van der Waals surface area contributed by atoms with Crippen molar-refractivity contribution in [3.8, 4) is 28.8 Å². The summed E-state index contributed by atoms with van der Waals surface area (Å²) >= 11 is 0. The number of allylic oxidation sites excluding steroid dienone is 2. The van der Waals surface area contributed by atoms with Crippen LogP contribution in [0, 0.1) is 17.8 Å². The number of nitrogens with zero attached hydrogens (tertiary/aromatic N) is 3. The molecule has 1 unspecified atom stereocenters. The molecule has 3 aromatic rings. The van der Waals surface area contributed by atoms with Gasteiger partial charge in [0.1, 0.15) is 11.6 Å². The van der Waals surface area contributed by atoms with Crippen molar-refractivity contribution in [2.45, 2.75) is 20.3 Å². The second-order valence-corrected chi connectivity index (χ2v) is 5.70. The Morgan fingerprint density at radius 1 is 1.28 bits per heavy atom. The molecule has 0 aliphatic rings. The van der Waals surface area contributed by atoms with Crippen molar-refractivity contribution in [2.24, 2.45) is 5.92 Å². The van der Waals surface area contributed by atoms with Crippen LogP contribution in [0.4, 0.5) is 5.82 Å². The number of phenols is 1. The normalized spacial score (nSPS) is 12.2. The molecule has 0 saturated carbocycles. The first-order valence-electron chi connectivity index (χ1n) is 8.20. The predicted molar refractivity (Wildman–Crippen MR) is 100.0 cm³/mol. The number of fused-ring (bicyclic) bond motifs is 1. The van der Waals surface area contributed by atoms with E-state index < -0.39 is 0 Å². The molecule has 0 saturated heterocycles. The Kier molecular flexibility index (Phi) is 4.71. The van der Waals surface area contributed by atoms with Gasteiger partial charge in [-0.15, -0.1) is 0 Å². The van der Waals surface area contributed by atoms with Crippen molar-refractivity contribution in [3.63, 3.8) is 0 Å². The molecule has 1 atom stereocenters. The Labute approximate surface area is 146 Å². The molecule has 5 heteroatoms. The Morgan fingerprint density at radius 3 is 2.80 bits per heavy atom. The fraction of sp³-hybridized carbons (Fsp3) is 0.200. The quantitative estimate of drug-likeness (QED) is 0.567. The zero-order chi connectivity index (χ0) is 17.8. The number of rotatable bonds is 3. The molecule has 1 aromatic carbocycles. The van der Waals surface area contributed by atoms with Gasteiger partial charge in [-0.05, 0) is 25.5 Å². The number of para-hydroxylation sites is 1. The Bertz CT molecular complexity index is 992. The van der Waals surface area contributed by atoms with E-state index in [0.29, 0.717) is 28.4 Å². The maximum Gasteiger partial charge on any atom is 0.236 e. The van der Waals surface area contributed by atoms with Crippen LogP contribution in [0.5, 0.6) is 5.75 Å².